The van der Waals surface area contributed by atoms with Crippen LogP contribution in [0.1, 0.15) is 49.4 Å². The lowest BCUT2D eigenvalue weighted by Crippen LogP contribution is -2.39. The van der Waals surface area contributed by atoms with Crippen LogP contribution >= 0.6 is 0 Å². The molecule has 0 aliphatic heterocycles. The van der Waals surface area contributed by atoms with Crippen LogP contribution in [0.2, 0.25) is 0 Å². The number of hydrogen-bond acceptors (Lipinski definition) is 3. The first kappa shape index (κ1) is 17.2. The topological polar surface area (TPSA) is 67.2 Å². The van der Waals surface area contributed by atoms with Crippen molar-refractivity contribution in [3.05, 3.63) is 53.3 Å². The highest BCUT2D eigenvalue weighted by atomic mass is 16.3. The molecule has 5 nitrogen and oxygen atoms in total. The van der Waals surface area contributed by atoms with E-state index in [4.69, 9.17) is 0 Å². The normalized spacial score (nSPS) is 14.3. The van der Waals surface area contributed by atoms with Gasteiger partial charge in [0.1, 0.15) is 11.3 Å². The van der Waals surface area contributed by atoms with Gasteiger partial charge in [0.2, 0.25) is 0 Å². The molecule has 1 aromatic carbocycles. The largest absolute Gasteiger partial charge is 0.384 e. The van der Waals surface area contributed by atoms with E-state index in [1.165, 1.54) is 0 Å². The van der Waals surface area contributed by atoms with Gasteiger partial charge in [-0.05, 0) is 18.6 Å². The maximum Gasteiger partial charge on any atom is 0.269 e. The van der Waals surface area contributed by atoms with Crippen LogP contribution in [0.5, 0.6) is 0 Å². The number of nitrogens with one attached hydrogen (secondary N) is 1. The third-order valence-corrected chi connectivity index (χ3v) is 3.87. The van der Waals surface area contributed by atoms with Gasteiger partial charge in [-0.1, -0.05) is 51.1 Å². The van der Waals surface area contributed by atoms with Crippen LogP contribution in [-0.2, 0) is 18.1 Å². The zero-order valence-corrected chi connectivity index (χ0v) is 14.4. The molecule has 1 amide bonds. The fraction of sp³-hybridized carbons (Fsp3) is 0.444. The monoisotopic (exact) mass is 315 g/mol. The second-order valence-electron chi connectivity index (χ2n) is 7.11. The van der Waals surface area contributed by atoms with E-state index in [1.807, 2.05) is 30.3 Å². The summed E-state index contributed by atoms with van der Waals surface area (Å²) in [6.07, 6.45) is 0. The van der Waals surface area contributed by atoms with E-state index in [0.717, 1.165) is 11.3 Å². The standard InChI is InChI=1S/C18H25N3O2/c1-17(2,3)15-11-14(21(5)20-15)16(22)19-12-18(4,23)13-9-7-6-8-10-13/h6-11,23H,12H2,1-5H3,(H,19,22). The van der Waals surface area contributed by atoms with Crippen molar-refractivity contribution in [2.24, 2.45) is 7.05 Å². The Morgan fingerprint density at radius 3 is 2.35 bits per heavy atom. The summed E-state index contributed by atoms with van der Waals surface area (Å²) in [7, 11) is 1.75. The number of nitrogens with zero attached hydrogens (tertiary/aromatic N) is 2. The van der Waals surface area contributed by atoms with Crippen molar-refractivity contribution in [1.29, 1.82) is 0 Å². The van der Waals surface area contributed by atoms with Gasteiger partial charge in [0.05, 0.1) is 12.2 Å². The maximum absolute atomic E-state index is 12.4. The summed E-state index contributed by atoms with van der Waals surface area (Å²) < 4.78 is 1.58. The van der Waals surface area contributed by atoms with Gasteiger partial charge >= 0.3 is 0 Å². The van der Waals surface area contributed by atoms with Gasteiger partial charge in [0, 0.05) is 12.5 Å². The number of benzene rings is 1. The molecule has 1 unspecified atom stereocenters. The molecule has 0 fully saturated rings. The fourth-order valence-corrected chi connectivity index (χ4v) is 2.29. The molecule has 5 heteroatoms. The third kappa shape index (κ3) is 3.99. The molecule has 2 rings (SSSR count). The molecule has 2 aromatic rings. The van der Waals surface area contributed by atoms with Crippen LogP contribution in [-0.4, -0.2) is 27.3 Å². The summed E-state index contributed by atoms with van der Waals surface area (Å²) in [4.78, 5) is 12.4. The zero-order chi connectivity index (χ0) is 17.3. The molecule has 2 N–H and O–H groups in total. The first-order valence-electron chi connectivity index (χ1n) is 7.72. The summed E-state index contributed by atoms with van der Waals surface area (Å²) in [5, 5.41) is 17.7. The van der Waals surface area contributed by atoms with Gasteiger partial charge in [-0.3, -0.25) is 9.48 Å². The van der Waals surface area contributed by atoms with E-state index >= 15 is 0 Å². The minimum atomic E-state index is -1.12. The summed E-state index contributed by atoms with van der Waals surface area (Å²) >= 11 is 0. The Morgan fingerprint density at radius 2 is 1.83 bits per heavy atom. The van der Waals surface area contributed by atoms with Gasteiger partial charge in [0.25, 0.3) is 5.91 Å². The van der Waals surface area contributed by atoms with Crippen molar-refractivity contribution in [2.75, 3.05) is 6.54 Å². The second kappa shape index (κ2) is 6.16. The molecule has 1 atom stereocenters. The van der Waals surface area contributed by atoms with Crippen LogP contribution in [0.25, 0.3) is 0 Å². The van der Waals surface area contributed by atoms with Gasteiger partial charge in [-0.25, -0.2) is 0 Å². The fourth-order valence-electron chi connectivity index (χ4n) is 2.29. The number of aliphatic hydroxyl groups is 1. The molecular weight excluding hydrogens is 290 g/mol. The molecule has 0 aliphatic carbocycles. The van der Waals surface area contributed by atoms with Gasteiger partial charge in [0.15, 0.2) is 0 Å². The minimum absolute atomic E-state index is 0.119. The van der Waals surface area contributed by atoms with Crippen molar-refractivity contribution in [2.45, 2.75) is 38.7 Å². The van der Waals surface area contributed by atoms with E-state index in [9.17, 15) is 9.90 Å². The zero-order valence-electron chi connectivity index (χ0n) is 14.4. The summed E-state index contributed by atoms with van der Waals surface area (Å²) in [6, 6.07) is 11.1. The molecule has 1 heterocycles. The molecule has 0 bridgehead atoms. The molecule has 1 aromatic heterocycles. The number of carbonyl (C=O) groups excluding carboxylic acids is 1. The highest BCUT2D eigenvalue weighted by molar-refractivity contribution is 5.92. The predicted molar refractivity (Wildman–Crippen MR) is 90.3 cm³/mol. The molecular formula is C18H25N3O2. The van der Waals surface area contributed by atoms with Crippen molar-refractivity contribution in [3.63, 3.8) is 0 Å². The van der Waals surface area contributed by atoms with Crippen molar-refractivity contribution >= 4 is 5.91 Å². The van der Waals surface area contributed by atoms with Crippen molar-refractivity contribution < 1.29 is 9.90 Å². The molecule has 0 saturated heterocycles. The Bertz CT molecular complexity index is 682. The highest BCUT2D eigenvalue weighted by Gasteiger charge is 2.26. The Balaban J connectivity index is 2.10. The quantitative estimate of drug-likeness (QED) is 0.910. The number of amides is 1. The molecule has 0 aliphatic rings. The average Bonchev–Trinajstić information content (AvgIpc) is 2.88. The number of carbonyl (C=O) groups is 1. The lowest BCUT2D eigenvalue weighted by Gasteiger charge is -2.24. The first-order chi connectivity index (χ1) is 10.6. The Kier molecular flexibility index (Phi) is 4.61. The second-order valence-corrected chi connectivity index (χ2v) is 7.11. The summed E-state index contributed by atoms with van der Waals surface area (Å²) in [5.74, 6) is -0.244. The number of aromatic nitrogens is 2. The Morgan fingerprint density at radius 1 is 1.22 bits per heavy atom. The number of hydrogen-bond donors (Lipinski definition) is 2. The van der Waals surface area contributed by atoms with Crippen LogP contribution < -0.4 is 5.32 Å². The molecule has 0 radical (unpaired) electrons. The lowest BCUT2D eigenvalue weighted by molar-refractivity contribution is 0.0523. The van der Waals surface area contributed by atoms with Crippen LogP contribution in [0.3, 0.4) is 0 Å². The summed E-state index contributed by atoms with van der Waals surface area (Å²) in [6.45, 7) is 7.98. The Labute approximate surface area is 137 Å². The highest BCUT2D eigenvalue weighted by Crippen LogP contribution is 2.22. The molecule has 0 spiro atoms. The minimum Gasteiger partial charge on any atom is -0.384 e. The average molecular weight is 315 g/mol. The molecule has 23 heavy (non-hydrogen) atoms. The molecule has 124 valence electrons. The van der Waals surface area contributed by atoms with Gasteiger partial charge in [-0.15, -0.1) is 0 Å². The van der Waals surface area contributed by atoms with Gasteiger partial charge in [-0.2, -0.15) is 5.10 Å². The van der Waals surface area contributed by atoms with E-state index in [-0.39, 0.29) is 17.9 Å². The van der Waals surface area contributed by atoms with E-state index in [2.05, 4.69) is 31.2 Å². The SMILES string of the molecule is Cn1nc(C(C)(C)C)cc1C(=O)NCC(C)(O)c1ccccc1. The third-order valence-electron chi connectivity index (χ3n) is 3.87. The van der Waals surface area contributed by atoms with Crippen molar-refractivity contribution in [3.8, 4) is 0 Å². The van der Waals surface area contributed by atoms with E-state index < -0.39 is 5.60 Å². The van der Waals surface area contributed by atoms with E-state index in [0.29, 0.717) is 5.69 Å². The van der Waals surface area contributed by atoms with Crippen molar-refractivity contribution in [1.82, 2.24) is 15.1 Å². The van der Waals surface area contributed by atoms with Crippen LogP contribution in [0.15, 0.2) is 36.4 Å². The number of aryl methyl sites for hydroxylation is 1. The first-order valence-corrected chi connectivity index (χ1v) is 7.72. The summed E-state index contributed by atoms with van der Waals surface area (Å²) in [5.41, 5.74) is 0.869. The molecule has 0 saturated carbocycles. The van der Waals surface area contributed by atoms with Crippen LogP contribution in [0, 0.1) is 0 Å². The number of rotatable bonds is 4. The smallest absolute Gasteiger partial charge is 0.269 e. The maximum atomic E-state index is 12.4. The van der Waals surface area contributed by atoms with Gasteiger partial charge < -0.3 is 10.4 Å². The Hall–Kier alpha value is -2.14. The lowest BCUT2D eigenvalue weighted by atomic mass is 9.92. The predicted octanol–water partition coefficient (Wildman–Crippen LogP) is 2.36. The van der Waals surface area contributed by atoms with E-state index in [1.54, 1.807) is 24.7 Å². The van der Waals surface area contributed by atoms with Crippen LogP contribution in [0.4, 0.5) is 0 Å².